The van der Waals surface area contributed by atoms with E-state index < -0.39 is 26.4 Å². The van der Waals surface area contributed by atoms with Gasteiger partial charge in [-0.3, -0.25) is 38.7 Å². The molecule has 6 aromatic heterocycles. The lowest BCUT2D eigenvalue weighted by Gasteiger charge is -2.20. The largest absolute Gasteiger partial charge is 0.353 e. The number of carbonyl (C=O) groups excluding carboxylic acids is 4. The molecule has 0 spiro atoms. The maximum atomic E-state index is 13.2. The Morgan fingerprint density at radius 2 is 0.943 bits per heavy atom. The van der Waals surface area contributed by atoms with Crippen molar-refractivity contribution >= 4 is 89.7 Å². The summed E-state index contributed by atoms with van der Waals surface area (Å²) in [5, 5.41) is 28.8. The molecule has 0 fully saturated rings. The van der Waals surface area contributed by atoms with Crippen molar-refractivity contribution in [3.63, 3.8) is 0 Å². The first-order valence-electron chi connectivity index (χ1n) is 30.2. The fourth-order valence-corrected chi connectivity index (χ4v) is 14.6. The van der Waals surface area contributed by atoms with Crippen LogP contribution in [-0.2, 0) is 88.2 Å². The van der Waals surface area contributed by atoms with E-state index in [0.29, 0.717) is 19.5 Å². The van der Waals surface area contributed by atoms with E-state index in [0.717, 1.165) is 160 Å². The highest BCUT2D eigenvalue weighted by Crippen LogP contribution is 2.49. The quantitative estimate of drug-likeness (QED) is 0.0500. The minimum Gasteiger partial charge on any atom is -0.353 e. The van der Waals surface area contributed by atoms with E-state index in [-0.39, 0.29) is 36.8 Å². The molecule has 452 valence electrons. The van der Waals surface area contributed by atoms with Gasteiger partial charge in [0.2, 0.25) is 23.6 Å². The summed E-state index contributed by atoms with van der Waals surface area (Å²) < 4.78 is 27.6. The van der Waals surface area contributed by atoms with Crippen molar-refractivity contribution in [3.05, 3.63) is 105 Å². The highest BCUT2D eigenvalue weighted by molar-refractivity contribution is 7.86. The Bertz CT molecular complexity index is 4450. The molecule has 0 bridgehead atoms. The number of aromatic nitrogens is 9. The lowest BCUT2D eigenvalue weighted by Crippen LogP contribution is -2.39. The van der Waals surface area contributed by atoms with Crippen LogP contribution in [0.25, 0.3) is 66.9 Å². The van der Waals surface area contributed by atoms with Gasteiger partial charge in [-0.15, -0.1) is 0 Å². The molecule has 3 aliphatic heterocycles. The number of hydrogen-bond donors (Lipinski definition) is 7. The summed E-state index contributed by atoms with van der Waals surface area (Å²) in [6, 6.07) is 12.8. The molecule has 22 heteroatoms. The number of rotatable bonds is 10. The third-order valence-electron chi connectivity index (χ3n) is 18.8. The lowest BCUT2D eigenvalue weighted by atomic mass is 9.85. The number of H-pyrrole nitrogens is 6. The minimum absolute atomic E-state index is 0.0517. The van der Waals surface area contributed by atoms with E-state index in [1.807, 2.05) is 77.0 Å². The zero-order chi connectivity index (χ0) is 61.1. The van der Waals surface area contributed by atoms with Crippen LogP contribution < -0.4 is 20.0 Å². The van der Waals surface area contributed by atoms with Gasteiger partial charge in [-0.1, -0.05) is 0 Å². The summed E-state index contributed by atoms with van der Waals surface area (Å²) >= 11 is 0. The van der Waals surface area contributed by atoms with Gasteiger partial charge in [-0.2, -0.15) is 23.7 Å². The maximum absolute atomic E-state index is 13.2. The molecule has 21 nitrogen and oxygen atoms in total. The number of fused-ring (bicyclic) bond motifs is 18. The van der Waals surface area contributed by atoms with Gasteiger partial charge >= 0.3 is 0 Å². The van der Waals surface area contributed by atoms with Crippen molar-refractivity contribution < 1.29 is 31.8 Å². The fraction of sp³-hybridized carbons (Fsp3) is 0.415. The van der Waals surface area contributed by atoms with E-state index in [1.54, 1.807) is 11.1 Å². The zero-order valence-corrected chi connectivity index (χ0v) is 51.6. The molecule has 9 heterocycles. The molecule has 3 aromatic carbocycles. The molecule has 0 saturated carbocycles. The number of aromatic amines is 6. The predicted octanol–water partition coefficient (Wildman–Crippen LogP) is 9.22. The van der Waals surface area contributed by atoms with Gasteiger partial charge < -0.3 is 35.0 Å². The van der Waals surface area contributed by atoms with Crippen molar-refractivity contribution in [3.8, 4) is 34.2 Å². The number of anilines is 3. The number of nitrogens with zero attached hydrogens (tertiary/aromatic N) is 7. The Morgan fingerprint density at radius 3 is 1.30 bits per heavy atom. The topological polar surface area (TPSA) is 279 Å². The van der Waals surface area contributed by atoms with Crippen LogP contribution in [0.15, 0.2) is 60.0 Å². The summed E-state index contributed by atoms with van der Waals surface area (Å²) in [7, 11) is -1.64. The van der Waals surface area contributed by atoms with Gasteiger partial charge in [-0.05, 0) is 193 Å². The van der Waals surface area contributed by atoms with Crippen molar-refractivity contribution in [1.82, 2.24) is 50.9 Å². The molecule has 9 aromatic rings. The van der Waals surface area contributed by atoms with Crippen molar-refractivity contribution in [2.75, 3.05) is 60.8 Å². The smallest absolute Gasteiger partial charge is 0.264 e. The molecular weight excluding hydrogens is 1120 g/mol. The zero-order valence-electron chi connectivity index (χ0n) is 50.8. The van der Waals surface area contributed by atoms with E-state index in [1.165, 1.54) is 51.1 Å². The summed E-state index contributed by atoms with van der Waals surface area (Å²) in [6.45, 7) is 15.3. The molecule has 0 saturated heterocycles. The van der Waals surface area contributed by atoms with Gasteiger partial charge in [0.15, 0.2) is 0 Å². The molecule has 4 amide bonds. The Labute approximate surface area is 504 Å². The van der Waals surface area contributed by atoms with Gasteiger partial charge in [0.1, 0.15) is 0 Å². The third-order valence-corrected chi connectivity index (χ3v) is 19.4. The van der Waals surface area contributed by atoms with Gasteiger partial charge in [0.25, 0.3) is 10.1 Å². The van der Waals surface area contributed by atoms with Crippen LogP contribution in [0.5, 0.6) is 0 Å². The number of nitrogens with one attached hydrogen (secondary N) is 7. The normalized spacial score (nSPS) is 17.6. The van der Waals surface area contributed by atoms with Crippen molar-refractivity contribution in [2.45, 2.75) is 129 Å². The second-order valence-electron chi connectivity index (χ2n) is 25.5. The molecule has 6 aliphatic rings. The molecule has 0 atom stereocenters. The molecule has 87 heavy (non-hydrogen) atoms. The second kappa shape index (κ2) is 21.4. The summed E-state index contributed by atoms with van der Waals surface area (Å²) in [4.78, 5) is 70.4. The van der Waals surface area contributed by atoms with Gasteiger partial charge in [-0.25, -0.2) is 4.99 Å². The highest BCUT2D eigenvalue weighted by Gasteiger charge is 2.47. The van der Waals surface area contributed by atoms with Crippen LogP contribution in [-0.4, -0.2) is 130 Å². The first kappa shape index (κ1) is 57.6. The van der Waals surface area contributed by atoms with Crippen molar-refractivity contribution in [1.29, 1.82) is 0 Å². The number of hydrogen-bond acceptors (Lipinski definition) is 11. The van der Waals surface area contributed by atoms with Crippen LogP contribution >= 0.6 is 0 Å². The monoisotopic (exact) mass is 1190 g/mol. The number of benzene rings is 3. The average Bonchev–Trinajstić information content (AvgIpc) is 1.74. The third kappa shape index (κ3) is 9.70. The number of likely N-dealkylation sites (N-methyl/N-ethyl adjacent to an activating group) is 1. The van der Waals surface area contributed by atoms with E-state index >= 15 is 0 Å². The molecule has 3 aliphatic carbocycles. The van der Waals surface area contributed by atoms with Gasteiger partial charge in [0.05, 0.1) is 88.4 Å². The van der Waals surface area contributed by atoms with E-state index in [4.69, 9.17) is 4.18 Å². The summed E-state index contributed by atoms with van der Waals surface area (Å²) in [5.74, 6) is -0.00625. The Morgan fingerprint density at radius 1 is 0.575 bits per heavy atom. The Hall–Kier alpha value is -8.47. The van der Waals surface area contributed by atoms with Gasteiger partial charge in [0, 0.05) is 89.0 Å². The Balaban J connectivity index is 0.000000121. The number of aryl methyl sites for hydroxylation is 6. The summed E-state index contributed by atoms with van der Waals surface area (Å²) in [5.41, 5.74) is 21.4. The number of aliphatic imine (C=N–C) groups is 1. The second-order valence-corrected chi connectivity index (χ2v) is 27.2. The molecular formula is C65H74N14O7S. The first-order chi connectivity index (χ1) is 41.6. The number of carbonyl (C=O) groups is 4. The summed E-state index contributed by atoms with van der Waals surface area (Å²) in [6.07, 6.45) is 18.1. The molecule has 7 N–H and O–H groups in total. The van der Waals surface area contributed by atoms with Crippen LogP contribution in [0.4, 0.5) is 17.1 Å². The molecule has 15 rings (SSSR count). The van der Waals surface area contributed by atoms with Crippen LogP contribution in [0.2, 0.25) is 0 Å². The average molecular weight is 1200 g/mol. The minimum atomic E-state index is -3.56. The SMILES string of the molecule is CC(=O)N=CCCN1C(=O)C(C)(C)c2cc3[nH]c4c(c3cc21)CCCc1cn[nH]c1-4.CC1(C)C(=O)N(CCOS(C)(=O)=O)c2cc3c4c([nH]c3cc21)-c1[nH]ncc1CCC4.CNCCN1C(=O)C(C)(C)c2cc3[nH]c4c(c3cc21)CCCc1cn[nH]c1-4. The Kier molecular flexibility index (Phi) is 14.2. The van der Waals surface area contributed by atoms with E-state index in [2.05, 4.69) is 92.3 Å². The lowest BCUT2D eigenvalue weighted by molar-refractivity contribution is -0.122. The number of amides is 4. The first-order valence-corrected chi connectivity index (χ1v) is 32.0. The van der Waals surface area contributed by atoms with Crippen molar-refractivity contribution in [2.24, 2.45) is 4.99 Å². The van der Waals surface area contributed by atoms with Crippen LogP contribution in [0.1, 0.15) is 124 Å². The fourth-order valence-electron chi connectivity index (χ4n) is 14.2. The maximum Gasteiger partial charge on any atom is 0.264 e. The van der Waals surface area contributed by atoms with E-state index in [9.17, 15) is 27.6 Å². The molecule has 0 unspecified atom stereocenters. The molecule has 0 radical (unpaired) electrons. The van der Waals surface area contributed by atoms with Crippen LogP contribution in [0.3, 0.4) is 0 Å². The standard InChI is InChI=1S/C23H25N5O2.C21H25N5O.C21H24N4O4S/c1-13(29)24-8-5-9-28-19-10-16-15-7-4-6-14-12-25-27-20(14)21(15)26-18(16)11-17(19)23(2,3)22(28)30;1-21(2)15-10-16-14(9-17(15)26(20(21)27)8-7-22-3)13-6-4-5-12-11-23-25-18(12)19(13)24-16;1-21(2)15-10-16-14(9-17(15)25(20(21)26)7-8-29-30(3,27)28)13-6-4-5-12-11-22-24-18(12)19(13)23-16/h8,10-12,26H,4-7,9H2,1-3H3,(H,25,27);9-11,22,24H,4-8H2,1-3H3,(H,23,25);9-11,23H,4-8H2,1-3H3,(H,22,24). The predicted molar refractivity (Wildman–Crippen MR) is 338 cm³/mol. The highest BCUT2D eigenvalue weighted by atomic mass is 32.2. The van der Waals surface area contributed by atoms with Crippen LogP contribution in [0, 0.1) is 0 Å².